The van der Waals surface area contributed by atoms with E-state index < -0.39 is 97.5 Å². The van der Waals surface area contributed by atoms with E-state index in [9.17, 15) is 43.2 Å². The van der Waals surface area contributed by atoms with Gasteiger partial charge in [0.05, 0.1) is 26.4 Å². The molecule has 0 aromatic rings. The summed E-state index contributed by atoms with van der Waals surface area (Å²) in [6.07, 6.45) is 51.5. The average Bonchev–Trinajstić information content (AvgIpc) is 1.55. The number of esters is 4. The molecule has 0 radical (unpaired) electrons. The largest absolute Gasteiger partial charge is 0.472 e. The minimum absolute atomic E-state index is 0.103. The third kappa shape index (κ3) is 69.2. The second kappa shape index (κ2) is 66.3. The minimum atomic E-state index is -4.96. The Bertz CT molecular complexity index is 1890. The minimum Gasteiger partial charge on any atom is -0.462 e. The Balaban J connectivity index is 5.18. The predicted octanol–water partition coefficient (Wildman–Crippen LogP) is 22.4. The van der Waals surface area contributed by atoms with E-state index in [1.807, 2.05) is 0 Å². The topological polar surface area (TPSA) is 237 Å². The van der Waals surface area contributed by atoms with Crippen molar-refractivity contribution in [3.8, 4) is 0 Å². The zero-order chi connectivity index (χ0) is 71.0. The number of carbonyl (C=O) groups is 4. The van der Waals surface area contributed by atoms with Gasteiger partial charge < -0.3 is 33.8 Å². The fraction of sp³-hybridized carbons (Fsp3) is 0.948. The van der Waals surface area contributed by atoms with Crippen molar-refractivity contribution in [1.82, 2.24) is 0 Å². The summed E-state index contributed by atoms with van der Waals surface area (Å²) in [5.41, 5.74) is 0. The molecule has 96 heavy (non-hydrogen) atoms. The fourth-order valence-corrected chi connectivity index (χ4v) is 13.3. The van der Waals surface area contributed by atoms with Gasteiger partial charge in [0.2, 0.25) is 0 Å². The van der Waals surface area contributed by atoms with Crippen LogP contribution in [0.3, 0.4) is 0 Å². The van der Waals surface area contributed by atoms with Crippen LogP contribution < -0.4 is 0 Å². The smallest absolute Gasteiger partial charge is 0.462 e. The number of phosphoric acid groups is 2. The van der Waals surface area contributed by atoms with Crippen molar-refractivity contribution in [2.24, 2.45) is 23.7 Å². The molecule has 17 nitrogen and oxygen atoms in total. The van der Waals surface area contributed by atoms with Crippen molar-refractivity contribution in [1.29, 1.82) is 0 Å². The van der Waals surface area contributed by atoms with Crippen LogP contribution in [0.4, 0.5) is 0 Å². The van der Waals surface area contributed by atoms with E-state index in [0.717, 1.165) is 114 Å². The molecule has 0 aliphatic rings. The van der Waals surface area contributed by atoms with Gasteiger partial charge in [0.15, 0.2) is 12.2 Å². The summed E-state index contributed by atoms with van der Waals surface area (Å²) < 4.78 is 68.5. The van der Waals surface area contributed by atoms with E-state index in [-0.39, 0.29) is 25.7 Å². The van der Waals surface area contributed by atoms with Crippen molar-refractivity contribution in [2.75, 3.05) is 39.6 Å². The zero-order valence-corrected chi connectivity index (χ0v) is 64.8. The summed E-state index contributed by atoms with van der Waals surface area (Å²) in [6, 6.07) is 0. The molecule has 0 heterocycles. The van der Waals surface area contributed by atoms with Crippen LogP contribution >= 0.6 is 15.6 Å². The summed E-state index contributed by atoms with van der Waals surface area (Å²) in [5.74, 6) is 0.912. The van der Waals surface area contributed by atoms with Crippen LogP contribution in [-0.4, -0.2) is 96.7 Å². The van der Waals surface area contributed by atoms with Gasteiger partial charge in [-0.2, -0.15) is 0 Å². The number of carbonyl (C=O) groups excluding carboxylic acids is 4. The van der Waals surface area contributed by atoms with Crippen LogP contribution in [0.15, 0.2) is 0 Å². The van der Waals surface area contributed by atoms with Crippen LogP contribution in [-0.2, 0) is 65.4 Å². The second-order valence-corrected chi connectivity index (χ2v) is 32.3. The Morgan fingerprint density at radius 1 is 0.292 bits per heavy atom. The van der Waals surface area contributed by atoms with Gasteiger partial charge in [-0.3, -0.25) is 37.3 Å². The third-order valence-corrected chi connectivity index (χ3v) is 20.1. The molecule has 0 aromatic heterocycles. The summed E-state index contributed by atoms with van der Waals surface area (Å²) in [4.78, 5) is 72.8. The van der Waals surface area contributed by atoms with E-state index in [2.05, 4.69) is 55.4 Å². The lowest BCUT2D eigenvalue weighted by atomic mass is 10.00. The highest BCUT2D eigenvalue weighted by atomic mass is 31.2. The predicted molar refractivity (Wildman–Crippen MR) is 391 cm³/mol. The SMILES string of the molecule is CCC(C)CCCCCCCCC(=O)OC[C@H](COP(=O)(O)OC[C@H](O)COP(=O)(O)OC[C@@H](COC(=O)CCCCCCCCCCCCCCCCCC(C)C)OC(=O)CCCCCCCCCC(C)C)OC(=O)CCCCCCCCCCCCCCCCCC(C)C. The van der Waals surface area contributed by atoms with Crippen LogP contribution in [0.2, 0.25) is 0 Å². The molecule has 0 rings (SSSR count). The van der Waals surface area contributed by atoms with E-state index in [4.69, 9.17) is 37.0 Å². The van der Waals surface area contributed by atoms with E-state index in [0.29, 0.717) is 31.6 Å². The molecule has 0 fully saturated rings. The number of rotatable bonds is 74. The average molecular weight is 1410 g/mol. The molecule has 0 aliphatic carbocycles. The molecule has 0 spiro atoms. The summed E-state index contributed by atoms with van der Waals surface area (Å²) >= 11 is 0. The Kier molecular flexibility index (Phi) is 65.0. The Morgan fingerprint density at radius 3 is 0.740 bits per heavy atom. The number of ether oxygens (including phenoxy) is 4. The zero-order valence-electron chi connectivity index (χ0n) is 63.0. The van der Waals surface area contributed by atoms with E-state index in [1.165, 1.54) is 186 Å². The Hall–Kier alpha value is -1.94. The van der Waals surface area contributed by atoms with Crippen molar-refractivity contribution >= 4 is 39.5 Å². The van der Waals surface area contributed by atoms with Gasteiger partial charge in [-0.1, -0.05) is 338 Å². The number of hydrogen-bond acceptors (Lipinski definition) is 15. The van der Waals surface area contributed by atoms with Crippen LogP contribution in [0, 0.1) is 23.7 Å². The molecule has 19 heteroatoms. The fourth-order valence-electron chi connectivity index (χ4n) is 11.7. The molecule has 6 atom stereocenters. The third-order valence-electron chi connectivity index (χ3n) is 18.2. The Labute approximate surface area is 588 Å². The molecule has 3 unspecified atom stereocenters. The number of hydrogen-bond donors (Lipinski definition) is 3. The Morgan fingerprint density at radius 2 is 0.500 bits per heavy atom. The van der Waals surface area contributed by atoms with Gasteiger partial charge in [-0.15, -0.1) is 0 Å². The van der Waals surface area contributed by atoms with Gasteiger partial charge in [0.25, 0.3) is 0 Å². The highest BCUT2D eigenvalue weighted by Gasteiger charge is 2.30. The maximum absolute atomic E-state index is 13.1. The van der Waals surface area contributed by atoms with E-state index >= 15 is 0 Å². The number of unbranched alkanes of at least 4 members (excludes halogenated alkanes) is 39. The first-order chi connectivity index (χ1) is 46.1. The van der Waals surface area contributed by atoms with Gasteiger partial charge in [0.1, 0.15) is 19.3 Å². The van der Waals surface area contributed by atoms with Gasteiger partial charge in [-0.25, -0.2) is 9.13 Å². The van der Waals surface area contributed by atoms with Crippen LogP contribution in [0.5, 0.6) is 0 Å². The van der Waals surface area contributed by atoms with Crippen molar-refractivity contribution in [3.63, 3.8) is 0 Å². The van der Waals surface area contributed by atoms with Crippen molar-refractivity contribution in [2.45, 2.75) is 408 Å². The number of aliphatic hydroxyl groups is 1. The monoisotopic (exact) mass is 1410 g/mol. The molecular formula is C77H150O17P2. The lowest BCUT2D eigenvalue weighted by molar-refractivity contribution is -0.161. The van der Waals surface area contributed by atoms with Crippen molar-refractivity contribution in [3.05, 3.63) is 0 Å². The maximum Gasteiger partial charge on any atom is 0.472 e. The molecule has 0 aromatic carbocycles. The molecule has 3 N–H and O–H groups in total. The van der Waals surface area contributed by atoms with Crippen LogP contribution in [0.25, 0.3) is 0 Å². The van der Waals surface area contributed by atoms with Crippen LogP contribution in [0.1, 0.15) is 389 Å². The standard InChI is InChI=1S/C77H150O17P2/c1-9-70(8)56-48-40-35-36-42-50-58-75(80)88-64-73(93-76(81)59-51-43-33-27-23-19-15-11-13-17-21-25-30-38-46-54-68(4)5)66-92-96(85,86)90-62-71(78)61-89-95(83,84)91-65-72(94-77(82)60-52-44-34-28-31-39-47-55-69(6)7)63-87-74(79)57-49-41-32-26-22-18-14-10-12-16-20-24-29-37-45-53-67(2)3/h67-73,78H,9-66H2,1-8H3,(H,83,84)(H,85,86)/t70?,71-,72-,73-/m1/s1. The highest BCUT2D eigenvalue weighted by Crippen LogP contribution is 2.45. The summed E-state index contributed by atoms with van der Waals surface area (Å²) in [7, 11) is -9.91. The molecule has 0 saturated heterocycles. The molecule has 0 amide bonds. The second-order valence-electron chi connectivity index (χ2n) is 29.4. The van der Waals surface area contributed by atoms with E-state index in [1.54, 1.807) is 0 Å². The molecular weight excluding hydrogens is 1260 g/mol. The first-order valence-electron chi connectivity index (χ1n) is 39.7. The van der Waals surface area contributed by atoms with Gasteiger partial charge in [0, 0.05) is 25.7 Å². The normalized spacial score (nSPS) is 14.4. The molecule has 570 valence electrons. The molecule has 0 saturated carbocycles. The number of phosphoric ester groups is 2. The quantitative estimate of drug-likeness (QED) is 0.0222. The maximum atomic E-state index is 13.1. The van der Waals surface area contributed by atoms with Gasteiger partial charge in [-0.05, 0) is 49.4 Å². The lowest BCUT2D eigenvalue weighted by Gasteiger charge is -2.21. The summed E-state index contributed by atoms with van der Waals surface area (Å²) in [6.45, 7) is 14.2. The first kappa shape index (κ1) is 94.1. The number of aliphatic hydroxyl groups excluding tert-OH is 1. The van der Waals surface area contributed by atoms with Crippen molar-refractivity contribution < 1.29 is 80.2 Å². The van der Waals surface area contributed by atoms with Gasteiger partial charge >= 0.3 is 39.5 Å². The summed E-state index contributed by atoms with van der Waals surface area (Å²) in [5, 5.41) is 10.6. The highest BCUT2D eigenvalue weighted by molar-refractivity contribution is 7.47. The molecule has 0 bridgehead atoms. The first-order valence-corrected chi connectivity index (χ1v) is 42.7. The lowest BCUT2D eigenvalue weighted by Crippen LogP contribution is -2.30. The molecule has 0 aliphatic heterocycles.